The lowest BCUT2D eigenvalue weighted by atomic mass is 10.2. The molecule has 0 unspecified atom stereocenters. The van der Waals surface area contributed by atoms with Gasteiger partial charge in [0.05, 0.1) is 5.75 Å². The van der Waals surface area contributed by atoms with E-state index < -0.39 is 5.97 Å². The lowest BCUT2D eigenvalue weighted by molar-refractivity contribution is -0.149. The molecule has 138 valence electrons. The highest BCUT2D eigenvalue weighted by molar-refractivity contribution is 9.10. The number of hydrogen-bond donors (Lipinski definition) is 0. The SMILES string of the molecule is Cc1cc(C)nc(SCC(=O)OCC(=O)N(C)Cc2ccccc2Br)n1. The molecule has 8 heteroatoms. The van der Waals surface area contributed by atoms with E-state index in [-0.39, 0.29) is 18.3 Å². The Balaban J connectivity index is 1.77. The molecule has 0 spiro atoms. The van der Waals surface area contributed by atoms with Crippen LogP contribution in [0.2, 0.25) is 0 Å². The van der Waals surface area contributed by atoms with Crippen LogP contribution in [0.5, 0.6) is 0 Å². The average molecular weight is 438 g/mol. The zero-order chi connectivity index (χ0) is 19.1. The van der Waals surface area contributed by atoms with Gasteiger partial charge in [-0.2, -0.15) is 0 Å². The molecule has 0 aliphatic heterocycles. The summed E-state index contributed by atoms with van der Waals surface area (Å²) in [5.74, 6) is -0.674. The monoisotopic (exact) mass is 437 g/mol. The number of thioether (sulfide) groups is 1. The van der Waals surface area contributed by atoms with Crippen molar-refractivity contribution < 1.29 is 14.3 Å². The molecule has 0 saturated heterocycles. The quantitative estimate of drug-likeness (QED) is 0.376. The average Bonchev–Trinajstić information content (AvgIpc) is 2.59. The molecule has 0 aliphatic rings. The van der Waals surface area contributed by atoms with Crippen molar-refractivity contribution in [2.24, 2.45) is 0 Å². The summed E-state index contributed by atoms with van der Waals surface area (Å²) in [6, 6.07) is 9.53. The number of nitrogens with zero attached hydrogens (tertiary/aromatic N) is 3. The van der Waals surface area contributed by atoms with Crippen molar-refractivity contribution in [3.05, 3.63) is 51.8 Å². The summed E-state index contributed by atoms with van der Waals surface area (Å²) in [4.78, 5) is 34.0. The van der Waals surface area contributed by atoms with Crippen molar-refractivity contribution in [3.8, 4) is 0 Å². The van der Waals surface area contributed by atoms with Crippen LogP contribution in [0, 0.1) is 13.8 Å². The predicted molar refractivity (Wildman–Crippen MR) is 104 cm³/mol. The van der Waals surface area contributed by atoms with Crippen LogP contribution >= 0.6 is 27.7 Å². The number of amides is 1. The first kappa shape index (κ1) is 20.4. The van der Waals surface area contributed by atoms with Gasteiger partial charge in [0.25, 0.3) is 5.91 Å². The maximum absolute atomic E-state index is 12.1. The van der Waals surface area contributed by atoms with Gasteiger partial charge >= 0.3 is 5.97 Å². The molecule has 6 nitrogen and oxygen atoms in total. The van der Waals surface area contributed by atoms with E-state index >= 15 is 0 Å². The number of benzene rings is 1. The van der Waals surface area contributed by atoms with Crippen LogP contribution in [0.25, 0.3) is 0 Å². The summed E-state index contributed by atoms with van der Waals surface area (Å²) in [7, 11) is 1.67. The van der Waals surface area contributed by atoms with E-state index in [9.17, 15) is 9.59 Å². The molecule has 2 rings (SSSR count). The van der Waals surface area contributed by atoms with Gasteiger partial charge < -0.3 is 9.64 Å². The Kier molecular flexibility index (Phi) is 7.59. The van der Waals surface area contributed by atoms with E-state index in [1.165, 1.54) is 16.7 Å². The molecular weight excluding hydrogens is 418 g/mol. The number of esters is 1. The predicted octanol–water partition coefficient (Wildman–Crippen LogP) is 3.15. The minimum atomic E-state index is -0.472. The summed E-state index contributed by atoms with van der Waals surface area (Å²) in [6.07, 6.45) is 0. The Morgan fingerprint density at radius 3 is 2.50 bits per heavy atom. The first-order valence-corrected chi connectivity index (χ1v) is 9.71. The van der Waals surface area contributed by atoms with Crippen molar-refractivity contribution >= 4 is 39.6 Å². The van der Waals surface area contributed by atoms with Gasteiger partial charge in [0.2, 0.25) is 0 Å². The second-order valence-corrected chi connectivity index (χ2v) is 7.52. The van der Waals surface area contributed by atoms with E-state index in [2.05, 4.69) is 25.9 Å². The normalized spacial score (nSPS) is 10.5. The van der Waals surface area contributed by atoms with Crippen molar-refractivity contribution in [1.29, 1.82) is 0 Å². The summed E-state index contributed by atoms with van der Waals surface area (Å²) in [6.45, 7) is 3.89. The molecule has 0 saturated carbocycles. The van der Waals surface area contributed by atoms with Gasteiger partial charge in [-0.15, -0.1) is 0 Å². The van der Waals surface area contributed by atoms with E-state index in [4.69, 9.17) is 4.74 Å². The van der Waals surface area contributed by atoms with Gasteiger partial charge in [0.1, 0.15) is 0 Å². The van der Waals surface area contributed by atoms with Gasteiger partial charge in [-0.1, -0.05) is 45.9 Å². The second-order valence-electron chi connectivity index (χ2n) is 5.72. The largest absolute Gasteiger partial charge is 0.455 e. The minimum absolute atomic E-state index is 0.0596. The van der Waals surface area contributed by atoms with E-state index in [0.29, 0.717) is 11.7 Å². The molecule has 0 radical (unpaired) electrons. The molecule has 0 atom stereocenters. The molecule has 1 aromatic heterocycles. The zero-order valence-corrected chi connectivity index (χ0v) is 17.3. The van der Waals surface area contributed by atoms with Crippen LogP contribution in [0.3, 0.4) is 0 Å². The van der Waals surface area contributed by atoms with E-state index in [0.717, 1.165) is 21.4 Å². The van der Waals surface area contributed by atoms with E-state index in [1.54, 1.807) is 7.05 Å². The smallest absolute Gasteiger partial charge is 0.316 e. The number of halogens is 1. The highest BCUT2D eigenvalue weighted by Gasteiger charge is 2.14. The molecule has 0 bridgehead atoms. The standard InChI is InChI=1S/C18H20BrN3O3S/c1-12-8-13(2)21-18(20-12)26-11-17(24)25-10-16(23)22(3)9-14-6-4-5-7-15(14)19/h4-8H,9-11H2,1-3H3. The van der Waals surface area contributed by atoms with Gasteiger partial charge in [-0.3, -0.25) is 9.59 Å². The molecule has 1 amide bonds. The third kappa shape index (κ3) is 6.42. The van der Waals surface area contributed by atoms with Gasteiger partial charge in [0.15, 0.2) is 11.8 Å². The number of carbonyl (C=O) groups is 2. The van der Waals surface area contributed by atoms with Crippen molar-refractivity contribution in [3.63, 3.8) is 0 Å². The Morgan fingerprint density at radius 1 is 1.19 bits per heavy atom. The molecule has 1 heterocycles. The number of carbonyl (C=O) groups excluding carboxylic acids is 2. The maximum atomic E-state index is 12.1. The fourth-order valence-electron chi connectivity index (χ4n) is 2.15. The molecule has 2 aromatic rings. The lowest BCUT2D eigenvalue weighted by Crippen LogP contribution is -2.31. The molecule has 26 heavy (non-hydrogen) atoms. The van der Waals surface area contributed by atoms with Crippen LogP contribution in [0.15, 0.2) is 40.0 Å². The van der Waals surface area contributed by atoms with Crippen molar-refractivity contribution in [2.75, 3.05) is 19.4 Å². The number of rotatable bonds is 7. The lowest BCUT2D eigenvalue weighted by Gasteiger charge is -2.18. The number of aromatic nitrogens is 2. The molecule has 0 fully saturated rings. The zero-order valence-electron chi connectivity index (χ0n) is 14.9. The Hall–Kier alpha value is -1.93. The third-order valence-electron chi connectivity index (χ3n) is 3.43. The highest BCUT2D eigenvalue weighted by Crippen LogP contribution is 2.17. The van der Waals surface area contributed by atoms with Crippen molar-refractivity contribution in [2.45, 2.75) is 25.5 Å². The molecule has 0 N–H and O–H groups in total. The van der Waals surface area contributed by atoms with Crippen LogP contribution in [-0.2, 0) is 20.9 Å². The maximum Gasteiger partial charge on any atom is 0.316 e. The topological polar surface area (TPSA) is 72.4 Å². The number of aryl methyl sites for hydroxylation is 2. The Bertz CT molecular complexity index is 781. The number of hydrogen-bond acceptors (Lipinski definition) is 6. The van der Waals surface area contributed by atoms with Gasteiger partial charge in [-0.25, -0.2) is 9.97 Å². The third-order valence-corrected chi connectivity index (χ3v) is 5.02. The summed E-state index contributed by atoms with van der Waals surface area (Å²) in [5.41, 5.74) is 2.67. The summed E-state index contributed by atoms with van der Waals surface area (Å²) >= 11 is 4.64. The van der Waals surface area contributed by atoms with Crippen LogP contribution in [0.1, 0.15) is 17.0 Å². The van der Waals surface area contributed by atoms with Gasteiger partial charge in [0, 0.05) is 29.5 Å². The van der Waals surface area contributed by atoms with E-state index in [1.807, 2.05) is 44.2 Å². The van der Waals surface area contributed by atoms with Crippen LogP contribution < -0.4 is 0 Å². The fourth-order valence-corrected chi connectivity index (χ4v) is 3.30. The Labute approximate surface area is 165 Å². The van der Waals surface area contributed by atoms with Gasteiger partial charge in [-0.05, 0) is 31.5 Å². The first-order chi connectivity index (χ1) is 12.3. The second kappa shape index (κ2) is 9.68. The molecular formula is C18H20BrN3O3S. The fraction of sp³-hybridized carbons (Fsp3) is 0.333. The van der Waals surface area contributed by atoms with Crippen LogP contribution in [-0.4, -0.2) is 46.2 Å². The summed E-state index contributed by atoms with van der Waals surface area (Å²) in [5, 5.41) is 0.525. The Morgan fingerprint density at radius 2 is 1.85 bits per heavy atom. The number of likely N-dealkylation sites (N-methyl/N-ethyl adjacent to an activating group) is 1. The summed E-state index contributed by atoms with van der Waals surface area (Å²) < 4.78 is 5.99. The highest BCUT2D eigenvalue weighted by atomic mass is 79.9. The molecule has 1 aromatic carbocycles. The van der Waals surface area contributed by atoms with Crippen LogP contribution in [0.4, 0.5) is 0 Å². The minimum Gasteiger partial charge on any atom is -0.455 e. The first-order valence-electron chi connectivity index (χ1n) is 7.93. The van der Waals surface area contributed by atoms with Crippen molar-refractivity contribution in [1.82, 2.24) is 14.9 Å². The number of ether oxygens (including phenoxy) is 1. The molecule has 0 aliphatic carbocycles.